The van der Waals surface area contributed by atoms with E-state index in [1.165, 1.54) is 0 Å². The van der Waals surface area contributed by atoms with Crippen molar-refractivity contribution >= 4 is 15.9 Å². The summed E-state index contributed by atoms with van der Waals surface area (Å²) < 4.78 is 27.2. The molecule has 1 amide bonds. The van der Waals surface area contributed by atoms with Crippen molar-refractivity contribution in [2.24, 2.45) is 0 Å². The molecule has 1 saturated heterocycles. The number of aryl methyl sites for hydroxylation is 2. The minimum Gasteiger partial charge on any atom is -0.343 e. The van der Waals surface area contributed by atoms with Crippen molar-refractivity contribution in [3.8, 4) is 0 Å². The fraction of sp³-hybridized carbons (Fsp3) is 0.533. The number of rotatable bonds is 6. The van der Waals surface area contributed by atoms with E-state index in [2.05, 4.69) is 4.72 Å². The SMILES string of the molecule is Cc1ccc(C)c(S(=O)(=O)NCCCN2CCCC2=O)c1. The van der Waals surface area contributed by atoms with E-state index in [4.69, 9.17) is 0 Å². The minimum absolute atomic E-state index is 0.174. The molecule has 6 heteroatoms. The van der Waals surface area contributed by atoms with Gasteiger partial charge in [-0.3, -0.25) is 4.79 Å². The highest BCUT2D eigenvalue weighted by Gasteiger charge is 2.20. The predicted octanol–water partition coefficient (Wildman–Crippen LogP) is 1.59. The summed E-state index contributed by atoms with van der Waals surface area (Å²) in [7, 11) is -3.48. The first-order valence-electron chi connectivity index (χ1n) is 7.25. The Morgan fingerprint density at radius 3 is 2.71 bits per heavy atom. The highest BCUT2D eigenvalue weighted by molar-refractivity contribution is 7.89. The highest BCUT2D eigenvalue weighted by atomic mass is 32.2. The van der Waals surface area contributed by atoms with Gasteiger partial charge >= 0.3 is 0 Å². The van der Waals surface area contributed by atoms with Crippen molar-refractivity contribution in [3.05, 3.63) is 29.3 Å². The van der Waals surface area contributed by atoms with Crippen LogP contribution in [0.15, 0.2) is 23.1 Å². The monoisotopic (exact) mass is 310 g/mol. The van der Waals surface area contributed by atoms with Gasteiger partial charge in [-0.05, 0) is 43.9 Å². The summed E-state index contributed by atoms with van der Waals surface area (Å²) >= 11 is 0. The fourth-order valence-electron chi connectivity index (χ4n) is 2.49. The van der Waals surface area contributed by atoms with Crippen LogP contribution in [0.2, 0.25) is 0 Å². The second-order valence-electron chi connectivity index (χ2n) is 5.50. The minimum atomic E-state index is -3.48. The van der Waals surface area contributed by atoms with Gasteiger partial charge in [-0.2, -0.15) is 0 Å². The molecule has 21 heavy (non-hydrogen) atoms. The number of nitrogens with zero attached hydrogens (tertiary/aromatic N) is 1. The molecule has 0 bridgehead atoms. The molecule has 0 unspecified atom stereocenters. The van der Waals surface area contributed by atoms with E-state index in [1.807, 2.05) is 19.1 Å². The first kappa shape index (κ1) is 16.0. The lowest BCUT2D eigenvalue weighted by atomic mass is 10.2. The normalized spacial score (nSPS) is 15.7. The lowest BCUT2D eigenvalue weighted by Crippen LogP contribution is -2.31. The summed E-state index contributed by atoms with van der Waals surface area (Å²) in [6, 6.07) is 5.39. The molecule has 1 heterocycles. The third-order valence-corrected chi connectivity index (χ3v) is 5.30. The van der Waals surface area contributed by atoms with Crippen LogP contribution in [0.4, 0.5) is 0 Å². The topological polar surface area (TPSA) is 66.5 Å². The van der Waals surface area contributed by atoms with Crippen molar-refractivity contribution in [1.29, 1.82) is 0 Å². The largest absolute Gasteiger partial charge is 0.343 e. The third-order valence-electron chi connectivity index (χ3n) is 3.70. The number of carbonyl (C=O) groups excluding carboxylic acids is 1. The number of amides is 1. The zero-order chi connectivity index (χ0) is 15.5. The predicted molar refractivity (Wildman–Crippen MR) is 81.5 cm³/mol. The number of benzene rings is 1. The van der Waals surface area contributed by atoms with Crippen LogP contribution in [0.5, 0.6) is 0 Å². The van der Waals surface area contributed by atoms with Gasteiger partial charge in [0, 0.05) is 26.1 Å². The fourth-order valence-corrected chi connectivity index (χ4v) is 3.89. The van der Waals surface area contributed by atoms with Gasteiger partial charge in [-0.1, -0.05) is 12.1 Å². The maximum atomic E-state index is 12.3. The van der Waals surface area contributed by atoms with Crippen molar-refractivity contribution < 1.29 is 13.2 Å². The van der Waals surface area contributed by atoms with Gasteiger partial charge in [0.1, 0.15) is 0 Å². The molecule has 1 fully saturated rings. The highest BCUT2D eigenvalue weighted by Crippen LogP contribution is 2.16. The quantitative estimate of drug-likeness (QED) is 0.812. The molecule has 0 radical (unpaired) electrons. The number of hydrogen-bond donors (Lipinski definition) is 1. The number of carbonyl (C=O) groups is 1. The van der Waals surface area contributed by atoms with Crippen LogP contribution in [0.1, 0.15) is 30.4 Å². The average Bonchev–Trinajstić information content (AvgIpc) is 2.83. The Morgan fingerprint density at radius 1 is 1.29 bits per heavy atom. The average molecular weight is 310 g/mol. The summed E-state index contributed by atoms with van der Waals surface area (Å²) in [4.78, 5) is 13.6. The Balaban J connectivity index is 1.89. The molecule has 1 N–H and O–H groups in total. The Bertz CT molecular complexity index is 626. The molecule has 0 atom stereocenters. The summed E-state index contributed by atoms with van der Waals surface area (Å²) in [5.41, 5.74) is 1.66. The second-order valence-corrected chi connectivity index (χ2v) is 7.24. The smallest absolute Gasteiger partial charge is 0.240 e. The Kier molecular flexibility index (Phi) is 5.00. The number of sulfonamides is 1. The molecule has 0 saturated carbocycles. The summed E-state index contributed by atoms with van der Waals surface area (Å²) in [6.07, 6.45) is 2.16. The number of nitrogens with one attached hydrogen (secondary N) is 1. The third kappa shape index (κ3) is 4.04. The first-order valence-corrected chi connectivity index (χ1v) is 8.73. The van der Waals surface area contributed by atoms with Crippen molar-refractivity contribution in [2.75, 3.05) is 19.6 Å². The maximum absolute atomic E-state index is 12.3. The molecule has 1 aliphatic heterocycles. The van der Waals surface area contributed by atoms with Gasteiger partial charge in [-0.25, -0.2) is 13.1 Å². The van der Waals surface area contributed by atoms with Crippen molar-refractivity contribution in [1.82, 2.24) is 9.62 Å². The zero-order valence-electron chi connectivity index (χ0n) is 12.6. The van der Waals surface area contributed by atoms with E-state index in [-0.39, 0.29) is 5.91 Å². The molecule has 116 valence electrons. The molecule has 0 spiro atoms. The summed E-state index contributed by atoms with van der Waals surface area (Å²) in [5, 5.41) is 0. The summed E-state index contributed by atoms with van der Waals surface area (Å²) in [6.45, 7) is 5.42. The van der Waals surface area contributed by atoms with E-state index in [1.54, 1.807) is 17.9 Å². The molecule has 1 aromatic carbocycles. The molecule has 0 aliphatic carbocycles. The van der Waals surface area contributed by atoms with Gasteiger partial charge in [-0.15, -0.1) is 0 Å². The Morgan fingerprint density at radius 2 is 2.05 bits per heavy atom. The van der Waals surface area contributed by atoms with Crippen LogP contribution in [-0.4, -0.2) is 38.9 Å². The maximum Gasteiger partial charge on any atom is 0.240 e. The van der Waals surface area contributed by atoms with Crippen LogP contribution < -0.4 is 4.72 Å². The van der Waals surface area contributed by atoms with Crippen LogP contribution in [0.3, 0.4) is 0 Å². The van der Waals surface area contributed by atoms with Gasteiger partial charge < -0.3 is 4.90 Å². The number of likely N-dealkylation sites (tertiary alicyclic amines) is 1. The Labute approximate surface area is 126 Å². The summed E-state index contributed by atoms with van der Waals surface area (Å²) in [5.74, 6) is 0.174. The van der Waals surface area contributed by atoms with Crippen LogP contribution in [0, 0.1) is 13.8 Å². The molecule has 1 aliphatic rings. The lowest BCUT2D eigenvalue weighted by molar-refractivity contribution is -0.127. The first-order chi connectivity index (χ1) is 9.90. The van der Waals surface area contributed by atoms with Crippen LogP contribution in [0.25, 0.3) is 0 Å². The van der Waals surface area contributed by atoms with Gasteiger partial charge in [0.15, 0.2) is 0 Å². The molecule has 0 aromatic heterocycles. The molecule has 1 aromatic rings. The van der Waals surface area contributed by atoms with E-state index >= 15 is 0 Å². The Hall–Kier alpha value is -1.40. The standard InChI is InChI=1S/C15H22N2O3S/c1-12-6-7-13(2)14(11-12)21(19,20)16-8-4-10-17-9-3-5-15(17)18/h6-7,11,16H,3-5,8-10H2,1-2H3. The molecular formula is C15H22N2O3S. The van der Waals surface area contributed by atoms with Crippen molar-refractivity contribution in [2.45, 2.75) is 38.0 Å². The van der Waals surface area contributed by atoms with Crippen LogP contribution in [-0.2, 0) is 14.8 Å². The molecule has 2 rings (SSSR count). The second kappa shape index (κ2) is 6.58. The zero-order valence-corrected chi connectivity index (χ0v) is 13.4. The van der Waals surface area contributed by atoms with E-state index < -0.39 is 10.0 Å². The van der Waals surface area contributed by atoms with E-state index in [0.717, 1.165) is 24.1 Å². The van der Waals surface area contributed by atoms with Gasteiger partial charge in [0.25, 0.3) is 0 Å². The van der Waals surface area contributed by atoms with Gasteiger partial charge in [0.2, 0.25) is 15.9 Å². The molecule has 5 nitrogen and oxygen atoms in total. The van der Waals surface area contributed by atoms with E-state index in [9.17, 15) is 13.2 Å². The lowest BCUT2D eigenvalue weighted by Gasteiger charge is -2.15. The van der Waals surface area contributed by atoms with Gasteiger partial charge in [0.05, 0.1) is 4.90 Å². The molecular weight excluding hydrogens is 288 g/mol. The van der Waals surface area contributed by atoms with Crippen molar-refractivity contribution in [3.63, 3.8) is 0 Å². The van der Waals surface area contributed by atoms with Crippen LogP contribution >= 0.6 is 0 Å². The van der Waals surface area contributed by atoms with E-state index in [0.29, 0.717) is 30.8 Å². The number of hydrogen-bond acceptors (Lipinski definition) is 3.